The Labute approximate surface area is 428 Å². The van der Waals surface area contributed by atoms with Gasteiger partial charge in [-0.05, 0) is 56.1 Å². The minimum atomic E-state index is -0.909. The second kappa shape index (κ2) is 28.6. The fraction of sp³-hybridized carbons (Fsp3) is 0.382. The highest BCUT2D eigenvalue weighted by molar-refractivity contribution is 5.96. The van der Waals surface area contributed by atoms with E-state index in [-0.39, 0.29) is 119 Å². The van der Waals surface area contributed by atoms with Crippen molar-refractivity contribution in [3.63, 3.8) is 0 Å². The first-order valence-corrected chi connectivity index (χ1v) is 24.9. The molecular weight excluding hydrogens is 951 g/mol. The molecule has 0 fully saturated rings. The number of amides is 3. The summed E-state index contributed by atoms with van der Waals surface area (Å²) in [5.41, 5.74) is 6.28. The average Bonchev–Trinajstić information content (AvgIpc) is 3.41. The molecule has 1 aliphatic carbocycles. The van der Waals surface area contributed by atoms with Crippen molar-refractivity contribution in [1.82, 2.24) is 29.7 Å². The maximum atomic E-state index is 13.9. The first-order valence-electron chi connectivity index (χ1n) is 24.9. The maximum absolute atomic E-state index is 13.9. The maximum Gasteiger partial charge on any atom is 0.271 e. The number of pyridine rings is 3. The molecule has 3 aromatic heterocycles. The lowest BCUT2D eigenvalue weighted by molar-refractivity contribution is 0.0927. The van der Waals surface area contributed by atoms with Crippen molar-refractivity contribution in [1.29, 1.82) is 0 Å². The van der Waals surface area contributed by atoms with Gasteiger partial charge in [0.1, 0.15) is 13.2 Å². The van der Waals surface area contributed by atoms with Gasteiger partial charge in [0.2, 0.25) is 16.3 Å². The van der Waals surface area contributed by atoms with Gasteiger partial charge in [-0.3, -0.25) is 28.8 Å². The van der Waals surface area contributed by atoms with E-state index in [1.54, 1.807) is 0 Å². The monoisotopic (exact) mass is 1020 g/mol. The largest absolute Gasteiger partial charge is 0.487 e. The Morgan fingerprint density at radius 1 is 0.554 bits per heavy atom. The third-order valence-electron chi connectivity index (χ3n) is 12.4. The number of rotatable bonds is 30. The van der Waals surface area contributed by atoms with Gasteiger partial charge in [-0.1, -0.05) is 85.0 Å². The van der Waals surface area contributed by atoms with E-state index in [9.17, 15) is 44.1 Å². The number of hydrogen-bond donors (Lipinski definition) is 7. The molecule has 2 aromatic carbocycles. The third kappa shape index (κ3) is 16.0. The Kier molecular flexibility index (Phi) is 21.5. The molecule has 8 N–H and O–H groups in total. The summed E-state index contributed by atoms with van der Waals surface area (Å²) in [6.07, 6.45) is 15.0. The van der Waals surface area contributed by atoms with Gasteiger partial charge in [0, 0.05) is 87.5 Å². The van der Waals surface area contributed by atoms with Crippen LogP contribution in [0.25, 0.3) is 0 Å². The Hall–Kier alpha value is -7.58. The number of ether oxygens (including phenoxy) is 3. The van der Waals surface area contributed by atoms with Crippen molar-refractivity contribution in [2.45, 2.75) is 83.3 Å². The van der Waals surface area contributed by atoms with Crippen LogP contribution in [0.5, 0.6) is 17.2 Å². The topological polar surface area (TPSA) is 268 Å². The number of carbonyl (C=O) groups excluding carboxylic acids is 3. The van der Waals surface area contributed by atoms with Crippen molar-refractivity contribution >= 4 is 17.7 Å². The van der Waals surface area contributed by atoms with Gasteiger partial charge in [0.25, 0.3) is 17.7 Å². The highest BCUT2D eigenvalue weighted by Crippen LogP contribution is 2.24. The molecule has 19 heteroatoms. The number of benzene rings is 2. The number of nitrogens with zero attached hydrogens (tertiary/aromatic N) is 3. The van der Waals surface area contributed by atoms with E-state index in [2.05, 4.69) is 16.0 Å². The molecule has 0 aliphatic heterocycles. The van der Waals surface area contributed by atoms with Crippen molar-refractivity contribution < 1.29 is 43.9 Å². The first-order chi connectivity index (χ1) is 35.9. The Bertz CT molecular complexity index is 2750. The van der Waals surface area contributed by atoms with Gasteiger partial charge < -0.3 is 64.9 Å². The van der Waals surface area contributed by atoms with E-state index in [1.165, 1.54) is 50.5 Å². The predicted octanol–water partition coefficient (Wildman–Crippen LogP) is 3.45. The van der Waals surface area contributed by atoms with Crippen LogP contribution in [0.1, 0.15) is 87.5 Å². The van der Waals surface area contributed by atoms with E-state index >= 15 is 0 Å². The number of aromatic nitrogens is 3. The molecule has 5 aromatic rings. The summed E-state index contributed by atoms with van der Waals surface area (Å²) in [7, 11) is 0. The minimum Gasteiger partial charge on any atom is -0.487 e. The van der Waals surface area contributed by atoms with Crippen LogP contribution in [-0.4, -0.2) is 98.3 Å². The van der Waals surface area contributed by atoms with Crippen LogP contribution < -0.4 is 52.2 Å². The number of hydrogen-bond acceptors (Lipinski definition) is 13. The summed E-state index contributed by atoms with van der Waals surface area (Å²) in [5, 5.41) is 38.1. The molecule has 19 nitrogen and oxygen atoms in total. The second-order valence-electron chi connectivity index (χ2n) is 17.9. The van der Waals surface area contributed by atoms with Gasteiger partial charge in [0.15, 0.2) is 34.3 Å². The van der Waals surface area contributed by atoms with Crippen LogP contribution in [0.2, 0.25) is 0 Å². The normalized spacial score (nSPS) is 13.1. The lowest BCUT2D eigenvalue weighted by atomic mass is 9.84. The van der Waals surface area contributed by atoms with E-state index < -0.39 is 39.5 Å². The molecule has 0 saturated carbocycles. The standard InChI is InChI=1S/C55H67N7O12/c56-55(22-10-25-57-52(69)46-49(43(66)19-28-60(46)31-34-63)72-37-40-13-4-1-5-14-40,23-11-26-58-53(70)47-50(44(67)20-29-61(47)32-35-64)73-38-41-15-6-2-7-16-41)24-12-27-59-54(71)48-51(45(68)21-30-62(48)33-36-65)74-39-42-17-8-3-9-18-42/h1-9,13-17,19-21,28-30,42,63-65H,10-12,18,22-27,31-39,56H2,(H,57,69)(H,58,70)(H,59,71). The van der Waals surface area contributed by atoms with Crippen LogP contribution in [0.3, 0.4) is 0 Å². The third-order valence-corrected chi connectivity index (χ3v) is 12.4. The van der Waals surface area contributed by atoms with Crippen molar-refractivity contribution in [3.8, 4) is 17.2 Å². The Balaban J connectivity index is 1.14. The van der Waals surface area contributed by atoms with Crippen LogP contribution in [0.4, 0.5) is 0 Å². The lowest BCUT2D eigenvalue weighted by Gasteiger charge is -2.30. The molecule has 6 rings (SSSR count). The summed E-state index contributed by atoms with van der Waals surface area (Å²) >= 11 is 0. The minimum absolute atomic E-state index is 0.00674. The number of allylic oxidation sites excluding steroid dienone is 3. The van der Waals surface area contributed by atoms with Gasteiger partial charge in [0.05, 0.1) is 26.4 Å². The molecular formula is C55H67N7O12. The van der Waals surface area contributed by atoms with Gasteiger partial charge in [-0.15, -0.1) is 0 Å². The van der Waals surface area contributed by atoms with Crippen LogP contribution in [0, 0.1) is 5.92 Å². The fourth-order valence-corrected chi connectivity index (χ4v) is 8.62. The predicted molar refractivity (Wildman–Crippen MR) is 278 cm³/mol. The summed E-state index contributed by atoms with van der Waals surface area (Å²) in [4.78, 5) is 80.8. The molecule has 0 bridgehead atoms. The van der Waals surface area contributed by atoms with Crippen molar-refractivity contribution in [3.05, 3.63) is 181 Å². The molecule has 1 unspecified atom stereocenters. The zero-order valence-electron chi connectivity index (χ0n) is 41.5. The SMILES string of the molecule is NC(CCCNC(=O)c1c(OCc2ccccc2)c(=O)ccn1CCO)(CCCNC(=O)c1c(OCc2ccccc2)c(=O)ccn1CCO)CCCNC(=O)c1c(OCC2C=CC=CC2)c(=O)ccn1CCO. The van der Waals surface area contributed by atoms with Gasteiger partial charge >= 0.3 is 0 Å². The van der Waals surface area contributed by atoms with E-state index in [1.807, 2.05) is 85.0 Å². The van der Waals surface area contributed by atoms with Crippen molar-refractivity contribution in [2.24, 2.45) is 11.7 Å². The summed E-state index contributed by atoms with van der Waals surface area (Å²) in [6.45, 7) is -0.117. The lowest BCUT2D eigenvalue weighted by Crippen LogP contribution is -2.42. The number of nitrogens with one attached hydrogen (secondary N) is 3. The molecule has 1 atom stereocenters. The summed E-state index contributed by atoms with van der Waals surface area (Å²) in [6, 6.07) is 22.2. The zero-order valence-corrected chi connectivity index (χ0v) is 41.5. The highest BCUT2D eigenvalue weighted by Gasteiger charge is 2.27. The molecule has 394 valence electrons. The van der Waals surface area contributed by atoms with Gasteiger partial charge in [-0.2, -0.15) is 0 Å². The summed E-state index contributed by atoms with van der Waals surface area (Å²) in [5.74, 6) is -2.16. The molecule has 3 heterocycles. The number of nitrogens with two attached hydrogens (primary N) is 1. The zero-order chi connectivity index (χ0) is 52.7. The molecule has 1 aliphatic rings. The van der Waals surface area contributed by atoms with Crippen LogP contribution in [0.15, 0.2) is 136 Å². The van der Waals surface area contributed by atoms with E-state index in [0.29, 0.717) is 44.9 Å². The Morgan fingerprint density at radius 2 is 0.932 bits per heavy atom. The molecule has 0 radical (unpaired) electrons. The van der Waals surface area contributed by atoms with Gasteiger partial charge in [-0.25, -0.2) is 0 Å². The molecule has 0 spiro atoms. The number of aliphatic hydroxyl groups is 3. The summed E-state index contributed by atoms with van der Waals surface area (Å²) < 4.78 is 22.2. The van der Waals surface area contributed by atoms with E-state index in [4.69, 9.17) is 19.9 Å². The average molecular weight is 1020 g/mol. The van der Waals surface area contributed by atoms with Crippen molar-refractivity contribution in [2.75, 3.05) is 46.1 Å². The highest BCUT2D eigenvalue weighted by atomic mass is 16.5. The van der Waals surface area contributed by atoms with Crippen LogP contribution in [-0.2, 0) is 32.8 Å². The molecule has 0 saturated heterocycles. The number of aliphatic hydroxyl groups excluding tert-OH is 3. The Morgan fingerprint density at radius 3 is 1.28 bits per heavy atom. The molecule has 3 amide bonds. The van der Waals surface area contributed by atoms with E-state index in [0.717, 1.165) is 11.1 Å². The quantitative estimate of drug-likeness (QED) is 0.0326. The smallest absolute Gasteiger partial charge is 0.271 e. The first kappa shape index (κ1) is 55.7. The number of carbonyl (C=O) groups is 3. The molecule has 74 heavy (non-hydrogen) atoms. The van der Waals surface area contributed by atoms with Crippen LogP contribution >= 0.6 is 0 Å². The second-order valence-corrected chi connectivity index (χ2v) is 17.9. The fourth-order valence-electron chi connectivity index (χ4n) is 8.62.